The van der Waals surface area contributed by atoms with Crippen molar-refractivity contribution in [1.82, 2.24) is 9.97 Å². The van der Waals surface area contributed by atoms with Gasteiger partial charge in [-0.05, 0) is 60.2 Å². The van der Waals surface area contributed by atoms with Crippen LogP contribution in [0.2, 0.25) is 0 Å². The van der Waals surface area contributed by atoms with Gasteiger partial charge in [-0.3, -0.25) is 0 Å². The predicted octanol–water partition coefficient (Wildman–Crippen LogP) is 10.4. The van der Waals surface area contributed by atoms with Crippen molar-refractivity contribution in [2.75, 3.05) is 0 Å². The summed E-state index contributed by atoms with van der Waals surface area (Å²) in [5.74, 6) is 0. The fourth-order valence-corrected chi connectivity index (χ4v) is 6.15. The predicted molar refractivity (Wildman–Crippen MR) is 172 cm³/mol. The van der Waals surface area contributed by atoms with Crippen LogP contribution in [0.5, 0.6) is 0 Å². The first-order valence-electron chi connectivity index (χ1n) is 13.9. The number of hydrogen-bond acceptors (Lipinski definition) is 4. The molecule has 0 atom stereocenters. The summed E-state index contributed by atoms with van der Waals surface area (Å²) < 4.78 is 7.69. The third-order valence-corrected chi connectivity index (χ3v) is 8.11. The molecule has 7 rings (SSSR count). The maximum atomic E-state index is 6.47. The first-order chi connectivity index (χ1) is 19.8. The molecule has 7 aromatic rings. The van der Waals surface area contributed by atoms with E-state index in [9.17, 15) is 0 Å². The normalized spacial score (nSPS) is 11.4. The van der Waals surface area contributed by atoms with Gasteiger partial charge in [0.1, 0.15) is 5.58 Å². The molecule has 4 aromatic heterocycles. The molecule has 3 nitrogen and oxygen atoms in total. The van der Waals surface area contributed by atoms with Gasteiger partial charge in [0.25, 0.3) is 0 Å². The molecule has 42 heavy (non-hydrogen) atoms. The Hall–Kier alpha value is -3.63. The quantitative estimate of drug-likeness (QED) is 0.169. The first kappa shape index (κ1) is 29.8. The minimum Gasteiger partial charge on any atom is -0.499 e. The molecule has 0 N–H and O–H groups in total. The van der Waals surface area contributed by atoms with Gasteiger partial charge in [0.2, 0.25) is 0 Å². The zero-order valence-corrected chi connectivity index (χ0v) is 27.6. The molecule has 1 radical (unpaired) electrons. The van der Waals surface area contributed by atoms with E-state index in [0.29, 0.717) is 0 Å². The molecule has 3 aromatic carbocycles. The Labute approximate surface area is 265 Å². The number of nitrogens with zero attached hydrogens (tertiary/aromatic N) is 2. The third-order valence-electron chi connectivity index (χ3n) is 7.05. The van der Waals surface area contributed by atoms with Crippen LogP contribution < -0.4 is 0 Å². The standard InChI is InChI=1S/C26H24NOS.C11H8N.Ir/c1-15-14-27-22(12-18(15)13-26(3,4)5)21-8-6-7-19-20-10-9-17-11-16(2)29-25(17)24(20)28-23(19)21;1-2-6-10(7-3-1)11-8-4-5-9-12-11;/h6-7,9-12,14H,13H2,1-5H3;1-6,8-9H;/q2*-1;. The summed E-state index contributed by atoms with van der Waals surface area (Å²) in [5.41, 5.74) is 8.51. The molecular weight excluding hydrogens is 713 g/mol. The Kier molecular flexibility index (Phi) is 8.75. The van der Waals surface area contributed by atoms with Crippen LogP contribution in [-0.2, 0) is 26.5 Å². The van der Waals surface area contributed by atoms with E-state index in [1.165, 1.54) is 26.1 Å². The molecule has 0 bridgehead atoms. The molecule has 0 saturated heterocycles. The third kappa shape index (κ3) is 6.24. The maximum Gasteiger partial charge on any atom is 0.138 e. The first-order valence-corrected chi connectivity index (χ1v) is 14.7. The Balaban J connectivity index is 0.000000228. The fourth-order valence-electron chi connectivity index (χ4n) is 5.15. The summed E-state index contributed by atoms with van der Waals surface area (Å²) in [6.07, 6.45) is 4.78. The molecule has 4 heterocycles. The number of furan rings is 1. The van der Waals surface area contributed by atoms with Crippen molar-refractivity contribution >= 4 is 43.4 Å². The number of hydrogen-bond donors (Lipinski definition) is 0. The molecule has 0 amide bonds. The van der Waals surface area contributed by atoms with E-state index >= 15 is 0 Å². The number of aryl methyl sites for hydroxylation is 2. The topological polar surface area (TPSA) is 38.9 Å². The minimum absolute atomic E-state index is 0. The SMILES string of the molecule is Cc1cc2ccc3c4cc[c-]c(-c5cc(CC(C)(C)C)c(C)cn5)c4oc3c2s1.[Ir].[c-]1ccccc1-c1ccccn1. The molecule has 0 fully saturated rings. The molecule has 213 valence electrons. The Morgan fingerprint density at radius 1 is 0.810 bits per heavy atom. The van der Waals surface area contributed by atoms with Crippen molar-refractivity contribution in [1.29, 1.82) is 0 Å². The average Bonchev–Trinajstić information content (AvgIpc) is 3.54. The molecule has 0 aliphatic carbocycles. The number of thiophene rings is 1. The number of benzene rings is 3. The summed E-state index contributed by atoms with van der Waals surface area (Å²) in [6, 6.07) is 33.1. The van der Waals surface area contributed by atoms with Gasteiger partial charge in [-0.25, -0.2) is 0 Å². The van der Waals surface area contributed by atoms with E-state index in [-0.39, 0.29) is 25.5 Å². The molecule has 0 saturated carbocycles. The van der Waals surface area contributed by atoms with Crippen LogP contribution in [0.25, 0.3) is 54.5 Å². The van der Waals surface area contributed by atoms with E-state index in [4.69, 9.17) is 9.40 Å². The zero-order chi connectivity index (χ0) is 28.6. The van der Waals surface area contributed by atoms with Crippen molar-refractivity contribution in [3.05, 3.63) is 119 Å². The summed E-state index contributed by atoms with van der Waals surface area (Å²) in [5, 5.41) is 3.53. The summed E-state index contributed by atoms with van der Waals surface area (Å²) >= 11 is 1.79. The summed E-state index contributed by atoms with van der Waals surface area (Å²) in [4.78, 5) is 10.3. The van der Waals surface area contributed by atoms with Crippen LogP contribution >= 0.6 is 11.3 Å². The maximum absolute atomic E-state index is 6.47. The van der Waals surface area contributed by atoms with Gasteiger partial charge in [-0.15, -0.1) is 65.4 Å². The molecule has 0 spiro atoms. The van der Waals surface area contributed by atoms with Crippen LogP contribution in [0.15, 0.2) is 95.7 Å². The molecule has 0 aliphatic rings. The van der Waals surface area contributed by atoms with Crippen LogP contribution in [0.1, 0.15) is 36.8 Å². The Bertz CT molecular complexity index is 1930. The second-order valence-corrected chi connectivity index (χ2v) is 12.9. The number of pyridine rings is 2. The summed E-state index contributed by atoms with van der Waals surface area (Å²) in [6.45, 7) is 11.1. The molecule has 0 aliphatic heterocycles. The monoisotopic (exact) mass is 745 g/mol. The minimum atomic E-state index is 0. The Morgan fingerprint density at radius 3 is 2.36 bits per heavy atom. The number of fused-ring (bicyclic) bond motifs is 5. The van der Waals surface area contributed by atoms with E-state index in [1.54, 1.807) is 17.5 Å². The molecule has 5 heteroatoms. The van der Waals surface area contributed by atoms with Crippen molar-refractivity contribution in [2.45, 2.75) is 41.0 Å². The van der Waals surface area contributed by atoms with Gasteiger partial charge < -0.3 is 14.4 Å². The largest absolute Gasteiger partial charge is 0.499 e. The second-order valence-electron chi connectivity index (χ2n) is 11.6. The van der Waals surface area contributed by atoms with Crippen molar-refractivity contribution in [3.8, 4) is 22.5 Å². The van der Waals surface area contributed by atoms with Crippen molar-refractivity contribution in [2.24, 2.45) is 5.41 Å². The zero-order valence-electron chi connectivity index (χ0n) is 24.4. The number of rotatable bonds is 3. The van der Waals surface area contributed by atoms with Gasteiger partial charge >= 0.3 is 0 Å². The van der Waals surface area contributed by atoms with Gasteiger partial charge in [0, 0.05) is 42.8 Å². The number of aromatic nitrogens is 2. The summed E-state index contributed by atoms with van der Waals surface area (Å²) in [7, 11) is 0. The van der Waals surface area contributed by atoms with Crippen LogP contribution in [-0.4, -0.2) is 9.97 Å². The van der Waals surface area contributed by atoms with Crippen LogP contribution in [0.3, 0.4) is 0 Å². The van der Waals surface area contributed by atoms with E-state index in [1.807, 2.05) is 54.7 Å². The van der Waals surface area contributed by atoms with Gasteiger partial charge in [0.05, 0.1) is 10.3 Å². The Morgan fingerprint density at radius 2 is 1.62 bits per heavy atom. The van der Waals surface area contributed by atoms with Crippen LogP contribution in [0.4, 0.5) is 0 Å². The fraction of sp³-hybridized carbons (Fsp3) is 0.189. The molecular formula is C37H32IrN2OS-2. The smallest absolute Gasteiger partial charge is 0.138 e. The van der Waals surface area contributed by atoms with E-state index < -0.39 is 0 Å². The second kappa shape index (κ2) is 12.3. The van der Waals surface area contributed by atoms with Crippen molar-refractivity contribution < 1.29 is 24.5 Å². The molecule has 0 unspecified atom stereocenters. The van der Waals surface area contributed by atoms with Gasteiger partial charge in [-0.1, -0.05) is 67.6 Å². The van der Waals surface area contributed by atoms with E-state index in [2.05, 4.69) is 82.1 Å². The van der Waals surface area contributed by atoms with Crippen LogP contribution in [0, 0.1) is 31.4 Å². The van der Waals surface area contributed by atoms with Gasteiger partial charge in [-0.2, -0.15) is 0 Å². The van der Waals surface area contributed by atoms with Gasteiger partial charge in [0.15, 0.2) is 0 Å². The average molecular weight is 745 g/mol. The van der Waals surface area contributed by atoms with E-state index in [0.717, 1.165) is 50.9 Å². The van der Waals surface area contributed by atoms with Crippen molar-refractivity contribution in [3.63, 3.8) is 0 Å².